The van der Waals surface area contributed by atoms with Crippen LogP contribution in [0.25, 0.3) is 0 Å². The van der Waals surface area contributed by atoms with E-state index in [0.717, 1.165) is 5.56 Å². The summed E-state index contributed by atoms with van der Waals surface area (Å²) < 4.78 is 21.3. The predicted molar refractivity (Wildman–Crippen MR) is 122 cm³/mol. The summed E-state index contributed by atoms with van der Waals surface area (Å²) in [5, 5.41) is 0. The third-order valence-corrected chi connectivity index (χ3v) is 5.88. The average Bonchev–Trinajstić information content (AvgIpc) is 3.26. The van der Waals surface area contributed by atoms with Gasteiger partial charge in [0.15, 0.2) is 0 Å². The first-order chi connectivity index (χ1) is 16.7. The zero-order valence-corrected chi connectivity index (χ0v) is 19.3. The maximum atomic E-state index is 12.7. The second-order valence-electron chi connectivity index (χ2n) is 8.33. The van der Waals surface area contributed by atoms with Crippen LogP contribution in [-0.4, -0.2) is 55.9 Å². The average molecular weight is 488 g/mol. The van der Waals surface area contributed by atoms with Crippen LogP contribution in [-0.2, 0) is 44.5 Å². The fourth-order valence-electron chi connectivity index (χ4n) is 4.11. The van der Waals surface area contributed by atoms with Crippen molar-refractivity contribution in [3.05, 3.63) is 59.4 Å². The summed E-state index contributed by atoms with van der Waals surface area (Å²) in [6, 6.07) is 7.09. The highest BCUT2D eigenvalue weighted by molar-refractivity contribution is 5.89. The number of rotatable bonds is 10. The number of fused-ring (bicyclic) bond motifs is 1. The highest BCUT2D eigenvalue weighted by Gasteiger charge is 2.46. The van der Waals surface area contributed by atoms with Gasteiger partial charge < -0.3 is 36.1 Å². The van der Waals surface area contributed by atoms with Crippen molar-refractivity contribution in [1.29, 1.82) is 0 Å². The number of hydrogen-bond donors (Lipinski definition) is 3. The maximum absolute atomic E-state index is 12.7. The minimum atomic E-state index is -1.21. The predicted octanol–water partition coefficient (Wildman–Crippen LogP) is -0.179. The first-order valence-corrected chi connectivity index (χ1v) is 11.0. The third kappa shape index (κ3) is 6.46. The number of methoxy groups -OCH3 is 1. The molecule has 0 radical (unpaired) electrons. The van der Waals surface area contributed by atoms with Gasteiger partial charge in [-0.3, -0.25) is 14.4 Å². The summed E-state index contributed by atoms with van der Waals surface area (Å²) in [7, 11) is 1.25. The number of carbonyl (C=O) groups excluding carboxylic acids is 4. The molecule has 2 aliphatic rings. The number of esters is 3. The zero-order valence-electron chi connectivity index (χ0n) is 19.3. The molecule has 188 valence electrons. The number of hydrogen-bond acceptors (Lipinski definition) is 10. The fraction of sp³-hybridized carbons (Fsp3) is 0.417. The Balaban J connectivity index is 1.71. The SMILES string of the molecule is COC(=O)C1=CO[C@@H](OC(=O)[C@@H](N)Cc2ccccc2)[C@@H]2C(COC(=O)[C@@H](N)CC(N)=O)=CC[C@H]12. The van der Waals surface area contributed by atoms with Gasteiger partial charge in [0, 0.05) is 5.92 Å². The van der Waals surface area contributed by atoms with E-state index in [0.29, 0.717) is 12.0 Å². The molecule has 6 N–H and O–H groups in total. The minimum Gasteiger partial charge on any atom is -0.466 e. The molecule has 1 amide bonds. The van der Waals surface area contributed by atoms with Gasteiger partial charge in [-0.25, -0.2) is 4.79 Å². The van der Waals surface area contributed by atoms with Crippen LogP contribution in [0.1, 0.15) is 18.4 Å². The molecule has 0 spiro atoms. The summed E-state index contributed by atoms with van der Waals surface area (Å²) in [5.74, 6) is -3.86. The molecule has 1 aromatic carbocycles. The molecule has 0 aromatic heterocycles. The highest BCUT2D eigenvalue weighted by atomic mass is 16.7. The van der Waals surface area contributed by atoms with Gasteiger partial charge in [-0.2, -0.15) is 0 Å². The zero-order chi connectivity index (χ0) is 25.5. The highest BCUT2D eigenvalue weighted by Crippen LogP contribution is 2.44. The first-order valence-electron chi connectivity index (χ1n) is 11.0. The fourth-order valence-corrected chi connectivity index (χ4v) is 4.11. The van der Waals surface area contributed by atoms with E-state index in [1.54, 1.807) is 6.08 Å². The Morgan fingerprint density at radius 1 is 1.09 bits per heavy atom. The van der Waals surface area contributed by atoms with Gasteiger partial charge >= 0.3 is 17.9 Å². The molecule has 0 bridgehead atoms. The number of amides is 1. The van der Waals surface area contributed by atoms with Gasteiger partial charge in [-0.1, -0.05) is 36.4 Å². The van der Waals surface area contributed by atoms with Crippen LogP contribution in [0.4, 0.5) is 0 Å². The molecule has 0 fully saturated rings. The van der Waals surface area contributed by atoms with Gasteiger partial charge in [0.05, 0.1) is 31.3 Å². The summed E-state index contributed by atoms with van der Waals surface area (Å²) in [5.41, 5.74) is 18.5. The van der Waals surface area contributed by atoms with Gasteiger partial charge in [0.2, 0.25) is 5.91 Å². The molecule has 1 aliphatic heterocycles. The first kappa shape index (κ1) is 25.9. The molecule has 35 heavy (non-hydrogen) atoms. The lowest BCUT2D eigenvalue weighted by atomic mass is 9.83. The lowest BCUT2D eigenvalue weighted by molar-refractivity contribution is -0.184. The van der Waals surface area contributed by atoms with E-state index in [1.165, 1.54) is 13.4 Å². The molecule has 0 saturated carbocycles. The van der Waals surface area contributed by atoms with Crippen molar-refractivity contribution in [2.24, 2.45) is 29.0 Å². The van der Waals surface area contributed by atoms with Gasteiger partial charge in [-0.15, -0.1) is 0 Å². The van der Waals surface area contributed by atoms with E-state index in [4.69, 9.17) is 36.1 Å². The Morgan fingerprint density at radius 3 is 2.46 bits per heavy atom. The molecule has 1 heterocycles. The molecule has 1 aliphatic carbocycles. The number of ether oxygens (including phenoxy) is 4. The number of primary amides is 1. The molecule has 0 unspecified atom stereocenters. The van der Waals surface area contributed by atoms with E-state index >= 15 is 0 Å². The molecule has 1 aromatic rings. The van der Waals surface area contributed by atoms with E-state index in [-0.39, 0.29) is 25.0 Å². The Hall–Kier alpha value is -3.70. The van der Waals surface area contributed by atoms with Crippen LogP contribution >= 0.6 is 0 Å². The van der Waals surface area contributed by atoms with E-state index in [9.17, 15) is 19.2 Å². The summed E-state index contributed by atoms with van der Waals surface area (Å²) in [6.45, 7) is -0.200. The van der Waals surface area contributed by atoms with Crippen LogP contribution in [0.15, 0.2) is 53.8 Å². The second kappa shape index (κ2) is 11.6. The van der Waals surface area contributed by atoms with E-state index in [1.807, 2.05) is 30.3 Å². The Kier molecular flexibility index (Phi) is 8.61. The summed E-state index contributed by atoms with van der Waals surface area (Å²) in [6.07, 6.45) is 2.20. The monoisotopic (exact) mass is 487 g/mol. The Labute approximate surface area is 202 Å². The Bertz CT molecular complexity index is 1020. The number of benzene rings is 1. The number of carbonyl (C=O) groups is 4. The van der Waals surface area contributed by atoms with Crippen molar-refractivity contribution in [1.82, 2.24) is 0 Å². The summed E-state index contributed by atoms with van der Waals surface area (Å²) >= 11 is 0. The van der Waals surface area contributed by atoms with Crippen molar-refractivity contribution in [3.8, 4) is 0 Å². The van der Waals surface area contributed by atoms with Crippen LogP contribution in [0, 0.1) is 11.8 Å². The van der Waals surface area contributed by atoms with E-state index in [2.05, 4.69) is 0 Å². The van der Waals surface area contributed by atoms with Crippen LogP contribution in [0.3, 0.4) is 0 Å². The smallest absolute Gasteiger partial charge is 0.337 e. The second-order valence-corrected chi connectivity index (χ2v) is 8.33. The van der Waals surface area contributed by atoms with Crippen LogP contribution in [0.2, 0.25) is 0 Å². The summed E-state index contributed by atoms with van der Waals surface area (Å²) in [4.78, 5) is 48.1. The molecule has 3 rings (SSSR count). The molecule has 11 nitrogen and oxygen atoms in total. The number of nitrogens with two attached hydrogens (primary N) is 3. The minimum absolute atomic E-state index is 0.200. The standard InChI is InChI=1S/C24H29N3O8/c1-32-21(29)16-12-34-24(35-23(31)17(25)9-13-5-3-2-4-6-13)20-14(7-8-15(16)20)11-33-22(30)18(26)10-19(27)28/h2-7,12,15,17-18,20,24H,8-11,25-26H2,1H3,(H2,27,28)/t15-,17+,18+,20-,24+/m1/s1. The number of allylic oxidation sites excluding steroid dienone is 1. The topological polar surface area (TPSA) is 183 Å². The van der Waals surface area contributed by atoms with Gasteiger partial charge in [0.25, 0.3) is 6.29 Å². The lowest BCUT2D eigenvalue weighted by Gasteiger charge is -2.34. The maximum Gasteiger partial charge on any atom is 0.337 e. The van der Waals surface area contributed by atoms with Crippen molar-refractivity contribution in [2.45, 2.75) is 37.6 Å². The largest absolute Gasteiger partial charge is 0.466 e. The normalized spacial score (nSPS) is 22.4. The molecular weight excluding hydrogens is 458 g/mol. The van der Waals surface area contributed by atoms with Crippen molar-refractivity contribution in [3.63, 3.8) is 0 Å². The lowest BCUT2D eigenvalue weighted by Crippen LogP contribution is -2.43. The molecular formula is C24H29N3O8. The molecule has 0 saturated heterocycles. The van der Waals surface area contributed by atoms with Crippen molar-refractivity contribution in [2.75, 3.05) is 13.7 Å². The van der Waals surface area contributed by atoms with Crippen molar-refractivity contribution >= 4 is 23.8 Å². The third-order valence-electron chi connectivity index (χ3n) is 5.88. The molecule has 11 heteroatoms. The quantitative estimate of drug-likeness (QED) is 0.227. The van der Waals surface area contributed by atoms with Gasteiger partial charge in [0.1, 0.15) is 18.7 Å². The van der Waals surface area contributed by atoms with Crippen LogP contribution in [0.5, 0.6) is 0 Å². The van der Waals surface area contributed by atoms with Gasteiger partial charge in [-0.05, 0) is 24.0 Å². The molecule has 5 atom stereocenters. The Morgan fingerprint density at radius 2 is 1.80 bits per heavy atom. The van der Waals surface area contributed by atoms with E-state index < -0.39 is 54.0 Å². The van der Waals surface area contributed by atoms with Crippen LogP contribution < -0.4 is 17.2 Å². The van der Waals surface area contributed by atoms with Crippen molar-refractivity contribution < 1.29 is 38.1 Å².